The van der Waals surface area contributed by atoms with Gasteiger partial charge in [-0.25, -0.2) is 19.6 Å². The van der Waals surface area contributed by atoms with Crippen molar-refractivity contribution in [2.24, 2.45) is 5.84 Å². The van der Waals surface area contributed by atoms with Crippen LogP contribution in [0.25, 0.3) is 0 Å². The van der Waals surface area contributed by atoms with Crippen molar-refractivity contribution in [3.63, 3.8) is 0 Å². The molecule has 2 rings (SSSR count). The number of nitrogens with zero attached hydrogens (tertiary/aromatic N) is 2. The molecule has 1 aliphatic heterocycles. The average Bonchev–Trinajstić information content (AvgIpc) is 2.71. The van der Waals surface area contributed by atoms with Gasteiger partial charge in [-0.3, -0.25) is 0 Å². The summed E-state index contributed by atoms with van der Waals surface area (Å²) in [6.45, 7) is 4.08. The van der Waals surface area contributed by atoms with Crippen LogP contribution in [-0.2, 0) is 0 Å². The lowest BCUT2D eigenvalue weighted by atomic mass is 10.1. The molecule has 0 amide bonds. The summed E-state index contributed by atoms with van der Waals surface area (Å²) in [5.41, 5.74) is 2.15. The van der Waals surface area contributed by atoms with Gasteiger partial charge in [0.05, 0.1) is 0 Å². The summed E-state index contributed by atoms with van der Waals surface area (Å²) >= 11 is 0. The fraction of sp³-hybridized carbons (Fsp3) is 0.583. The number of nitrogens with two attached hydrogens (primary N) is 1. The standard InChI is InChI=1S/C12H18F2N4/c1-3-8-5-4-7(2)18(8)12-10(14)6-9(13)11(16-12)17-15/h6-8H,3-5,15H2,1-2H3,(H,16,17). The zero-order chi connectivity index (χ0) is 13.3. The van der Waals surface area contributed by atoms with Gasteiger partial charge in [-0.15, -0.1) is 0 Å². The Labute approximate surface area is 105 Å². The van der Waals surface area contributed by atoms with Crippen molar-refractivity contribution < 1.29 is 8.78 Å². The van der Waals surface area contributed by atoms with Gasteiger partial charge in [0, 0.05) is 18.2 Å². The Balaban J connectivity index is 2.43. The predicted molar refractivity (Wildman–Crippen MR) is 67.2 cm³/mol. The highest BCUT2D eigenvalue weighted by Gasteiger charge is 2.32. The first-order valence-electron chi connectivity index (χ1n) is 6.19. The van der Waals surface area contributed by atoms with Crippen molar-refractivity contribution in [1.82, 2.24) is 4.98 Å². The number of pyridine rings is 1. The number of hydrazine groups is 1. The van der Waals surface area contributed by atoms with Crippen LogP contribution >= 0.6 is 0 Å². The molecule has 3 N–H and O–H groups in total. The molecular formula is C12H18F2N4. The summed E-state index contributed by atoms with van der Waals surface area (Å²) in [7, 11) is 0. The number of nitrogens with one attached hydrogen (secondary N) is 1. The van der Waals surface area contributed by atoms with Gasteiger partial charge >= 0.3 is 0 Å². The fourth-order valence-electron chi connectivity index (χ4n) is 2.59. The third-order valence-corrected chi connectivity index (χ3v) is 3.55. The van der Waals surface area contributed by atoms with Crippen molar-refractivity contribution in [1.29, 1.82) is 0 Å². The van der Waals surface area contributed by atoms with Crippen LogP contribution in [0, 0.1) is 11.6 Å². The number of rotatable bonds is 3. The second-order valence-electron chi connectivity index (χ2n) is 4.66. The van der Waals surface area contributed by atoms with E-state index >= 15 is 0 Å². The molecule has 2 heterocycles. The number of hydrogen-bond donors (Lipinski definition) is 2. The SMILES string of the molecule is CCC1CCC(C)N1c1nc(NN)c(F)cc1F. The monoisotopic (exact) mass is 256 g/mol. The number of halogens is 2. The molecule has 0 radical (unpaired) electrons. The molecule has 0 saturated carbocycles. The van der Waals surface area contributed by atoms with E-state index in [0.29, 0.717) is 0 Å². The average molecular weight is 256 g/mol. The molecule has 0 aliphatic carbocycles. The Morgan fingerprint density at radius 3 is 2.78 bits per heavy atom. The lowest BCUT2D eigenvalue weighted by Crippen LogP contribution is -2.36. The number of hydrogen-bond acceptors (Lipinski definition) is 4. The van der Waals surface area contributed by atoms with Crippen molar-refractivity contribution in [3.8, 4) is 0 Å². The van der Waals surface area contributed by atoms with Gasteiger partial charge < -0.3 is 10.3 Å². The van der Waals surface area contributed by atoms with Gasteiger partial charge in [0.15, 0.2) is 23.3 Å². The van der Waals surface area contributed by atoms with Crippen LogP contribution in [0.4, 0.5) is 20.4 Å². The lowest BCUT2D eigenvalue weighted by molar-refractivity contribution is 0.550. The van der Waals surface area contributed by atoms with Crippen molar-refractivity contribution >= 4 is 11.6 Å². The lowest BCUT2D eigenvalue weighted by Gasteiger charge is -2.29. The molecule has 100 valence electrons. The van der Waals surface area contributed by atoms with E-state index in [-0.39, 0.29) is 23.7 Å². The van der Waals surface area contributed by atoms with Crippen LogP contribution in [-0.4, -0.2) is 17.1 Å². The van der Waals surface area contributed by atoms with Crippen molar-refractivity contribution in [2.45, 2.75) is 45.2 Å². The molecule has 0 bridgehead atoms. The Morgan fingerprint density at radius 1 is 1.44 bits per heavy atom. The maximum atomic E-state index is 13.9. The highest BCUT2D eigenvalue weighted by molar-refractivity contribution is 5.51. The minimum absolute atomic E-state index is 0.125. The van der Waals surface area contributed by atoms with E-state index in [4.69, 9.17) is 5.84 Å². The van der Waals surface area contributed by atoms with E-state index in [9.17, 15) is 8.78 Å². The van der Waals surface area contributed by atoms with Crippen LogP contribution in [0.1, 0.15) is 33.1 Å². The molecule has 6 heteroatoms. The quantitative estimate of drug-likeness (QED) is 0.644. The van der Waals surface area contributed by atoms with Gasteiger partial charge in [0.25, 0.3) is 0 Å². The molecule has 1 aromatic heterocycles. The number of aromatic nitrogens is 1. The maximum Gasteiger partial charge on any atom is 0.178 e. The molecule has 18 heavy (non-hydrogen) atoms. The van der Waals surface area contributed by atoms with Crippen molar-refractivity contribution in [2.75, 3.05) is 10.3 Å². The third-order valence-electron chi connectivity index (χ3n) is 3.55. The number of anilines is 2. The van der Waals surface area contributed by atoms with E-state index in [0.717, 1.165) is 25.3 Å². The Bertz CT molecular complexity index is 438. The predicted octanol–water partition coefficient (Wildman–Crippen LogP) is 2.41. The molecular weight excluding hydrogens is 238 g/mol. The van der Waals surface area contributed by atoms with Crippen LogP contribution in [0.5, 0.6) is 0 Å². The van der Waals surface area contributed by atoms with E-state index in [1.54, 1.807) is 0 Å². The van der Waals surface area contributed by atoms with Gasteiger partial charge in [0.2, 0.25) is 0 Å². The topological polar surface area (TPSA) is 54.2 Å². The zero-order valence-electron chi connectivity index (χ0n) is 10.6. The second-order valence-corrected chi connectivity index (χ2v) is 4.66. The first-order valence-corrected chi connectivity index (χ1v) is 6.19. The minimum Gasteiger partial charge on any atom is -0.348 e. The largest absolute Gasteiger partial charge is 0.348 e. The Morgan fingerprint density at radius 2 is 2.17 bits per heavy atom. The molecule has 1 aromatic rings. The highest BCUT2D eigenvalue weighted by atomic mass is 19.1. The molecule has 2 atom stereocenters. The van der Waals surface area contributed by atoms with Gasteiger partial charge in [-0.05, 0) is 26.2 Å². The summed E-state index contributed by atoms with van der Waals surface area (Å²) in [6, 6.07) is 1.28. The van der Waals surface area contributed by atoms with E-state index in [2.05, 4.69) is 17.3 Å². The van der Waals surface area contributed by atoms with Crippen molar-refractivity contribution in [3.05, 3.63) is 17.7 Å². The molecule has 2 unspecified atom stereocenters. The minimum atomic E-state index is -0.779. The van der Waals surface area contributed by atoms with Gasteiger partial charge in [-0.2, -0.15) is 0 Å². The Kier molecular flexibility index (Phi) is 3.65. The molecule has 1 aliphatic rings. The third kappa shape index (κ3) is 2.12. The number of nitrogen functional groups attached to an aromatic ring is 1. The zero-order valence-corrected chi connectivity index (χ0v) is 10.6. The van der Waals surface area contributed by atoms with Gasteiger partial charge in [-0.1, -0.05) is 6.92 Å². The summed E-state index contributed by atoms with van der Waals surface area (Å²) in [6.07, 6.45) is 2.90. The second kappa shape index (κ2) is 5.06. The summed E-state index contributed by atoms with van der Waals surface area (Å²) in [5.74, 6) is 3.81. The first-order chi connectivity index (χ1) is 8.58. The molecule has 1 saturated heterocycles. The highest BCUT2D eigenvalue weighted by Crippen LogP contribution is 2.33. The van der Waals surface area contributed by atoms with E-state index in [1.165, 1.54) is 0 Å². The summed E-state index contributed by atoms with van der Waals surface area (Å²) in [4.78, 5) is 5.89. The Hall–Kier alpha value is -1.43. The first kappa shape index (κ1) is 13.0. The molecule has 1 fully saturated rings. The van der Waals surface area contributed by atoms with Crippen LogP contribution in [0.15, 0.2) is 6.07 Å². The maximum absolute atomic E-state index is 13.9. The smallest absolute Gasteiger partial charge is 0.178 e. The normalized spacial score (nSPS) is 23.5. The van der Waals surface area contributed by atoms with Crippen LogP contribution < -0.4 is 16.2 Å². The summed E-state index contributed by atoms with van der Waals surface area (Å²) < 4.78 is 27.2. The van der Waals surface area contributed by atoms with E-state index in [1.807, 2.05) is 11.8 Å². The molecule has 0 aromatic carbocycles. The van der Waals surface area contributed by atoms with Crippen LogP contribution in [0.2, 0.25) is 0 Å². The van der Waals surface area contributed by atoms with E-state index < -0.39 is 11.6 Å². The molecule has 4 nitrogen and oxygen atoms in total. The van der Waals surface area contributed by atoms with Gasteiger partial charge in [0.1, 0.15) is 0 Å². The van der Waals surface area contributed by atoms with Crippen LogP contribution in [0.3, 0.4) is 0 Å². The molecule has 0 spiro atoms. The fourth-order valence-corrected chi connectivity index (χ4v) is 2.59. The summed E-state index contributed by atoms with van der Waals surface area (Å²) in [5, 5.41) is 0.